The van der Waals surface area contributed by atoms with Crippen LogP contribution in [0.4, 0.5) is 5.69 Å². The van der Waals surface area contributed by atoms with Crippen molar-refractivity contribution in [3.63, 3.8) is 0 Å². The summed E-state index contributed by atoms with van der Waals surface area (Å²) in [5.41, 5.74) is 4.04. The van der Waals surface area contributed by atoms with Gasteiger partial charge in [0.05, 0.1) is 11.0 Å². The number of hydrogen-bond donors (Lipinski definition) is 0. The third-order valence-corrected chi connectivity index (χ3v) is 7.81. The number of fused-ring (bicyclic) bond motifs is 1. The summed E-state index contributed by atoms with van der Waals surface area (Å²) in [5, 5.41) is 0. The van der Waals surface area contributed by atoms with Gasteiger partial charge in [-0.15, -0.1) is 0 Å². The van der Waals surface area contributed by atoms with E-state index in [9.17, 15) is 4.79 Å². The van der Waals surface area contributed by atoms with Crippen molar-refractivity contribution in [2.45, 2.75) is 73.0 Å². The Hall–Kier alpha value is -2.82. The van der Waals surface area contributed by atoms with Gasteiger partial charge in [-0.3, -0.25) is 0 Å². The van der Waals surface area contributed by atoms with E-state index >= 15 is 0 Å². The lowest BCUT2D eigenvalue weighted by Gasteiger charge is -2.37. The first-order chi connectivity index (χ1) is 16.8. The Labute approximate surface area is 210 Å². The molecule has 1 aliphatic rings. The molecule has 0 N–H and O–H groups in total. The zero-order chi connectivity index (χ0) is 25.1. The molecule has 1 heterocycles. The first-order valence-electron chi connectivity index (χ1n) is 13.4. The zero-order valence-electron chi connectivity index (χ0n) is 22.2. The fourth-order valence-electron chi connectivity index (χ4n) is 5.65. The molecule has 0 amide bonds. The van der Waals surface area contributed by atoms with Gasteiger partial charge < -0.3 is 14.2 Å². The van der Waals surface area contributed by atoms with Gasteiger partial charge in [0.25, 0.3) is 0 Å². The normalized spacial score (nSPS) is 21.3. The molecule has 0 radical (unpaired) electrons. The van der Waals surface area contributed by atoms with Gasteiger partial charge in [0.15, 0.2) is 0 Å². The summed E-state index contributed by atoms with van der Waals surface area (Å²) in [4.78, 5) is 20.8. The molecule has 1 aliphatic carbocycles. The highest BCUT2D eigenvalue weighted by atomic mass is 16.5. The number of rotatable bonds is 8. The van der Waals surface area contributed by atoms with Crippen LogP contribution in [-0.4, -0.2) is 34.7 Å². The molecule has 35 heavy (non-hydrogen) atoms. The molecule has 0 aliphatic heterocycles. The minimum Gasteiger partial charge on any atom is -0.461 e. The van der Waals surface area contributed by atoms with Crippen LogP contribution in [0.25, 0.3) is 22.4 Å². The maximum absolute atomic E-state index is 13.6. The average molecular weight is 476 g/mol. The predicted molar refractivity (Wildman–Crippen MR) is 145 cm³/mol. The number of esters is 1. The number of hydrogen-bond acceptors (Lipinski definition) is 4. The van der Waals surface area contributed by atoms with Gasteiger partial charge in [-0.25, -0.2) is 9.78 Å². The molecule has 0 spiro atoms. The second-order valence-corrected chi connectivity index (χ2v) is 10.5. The summed E-state index contributed by atoms with van der Waals surface area (Å²) >= 11 is 0. The molecular weight excluding hydrogens is 434 g/mol. The smallest absolute Gasteiger partial charge is 0.329 e. The van der Waals surface area contributed by atoms with Crippen molar-refractivity contribution in [3.8, 4) is 11.4 Å². The number of benzene rings is 2. The van der Waals surface area contributed by atoms with Gasteiger partial charge in [0.1, 0.15) is 18.0 Å². The van der Waals surface area contributed by atoms with E-state index in [0.717, 1.165) is 48.4 Å². The van der Waals surface area contributed by atoms with Crippen LogP contribution in [0.15, 0.2) is 48.5 Å². The third-order valence-electron chi connectivity index (χ3n) is 7.81. The maximum atomic E-state index is 13.6. The summed E-state index contributed by atoms with van der Waals surface area (Å²) in [6.45, 7) is 15.0. The van der Waals surface area contributed by atoms with Crippen LogP contribution < -0.4 is 4.90 Å². The number of anilines is 1. The van der Waals surface area contributed by atoms with Gasteiger partial charge in [0, 0.05) is 24.3 Å². The lowest BCUT2D eigenvalue weighted by atomic mass is 9.75. The number of para-hydroxylation sites is 2. The largest absolute Gasteiger partial charge is 0.461 e. The Morgan fingerprint density at radius 3 is 2.40 bits per heavy atom. The van der Waals surface area contributed by atoms with E-state index in [1.54, 1.807) is 0 Å². The summed E-state index contributed by atoms with van der Waals surface area (Å²) in [7, 11) is 0. The van der Waals surface area contributed by atoms with E-state index in [0.29, 0.717) is 17.8 Å². The van der Waals surface area contributed by atoms with Crippen molar-refractivity contribution < 1.29 is 9.53 Å². The molecule has 1 fully saturated rings. The summed E-state index contributed by atoms with van der Waals surface area (Å²) in [6.07, 6.45) is 3.28. The monoisotopic (exact) mass is 475 g/mol. The summed E-state index contributed by atoms with van der Waals surface area (Å²) in [6, 6.07) is 16.1. The maximum Gasteiger partial charge on any atom is 0.329 e. The average Bonchev–Trinajstić information content (AvgIpc) is 3.24. The first kappa shape index (κ1) is 25.3. The first-order valence-corrected chi connectivity index (χ1v) is 13.4. The standard InChI is InChI=1S/C30H41N3O2/c1-7-32(8-2)24-16-14-23(15-17-24)29-31-26-11-9-10-12-27(26)33(29)22(6)30(34)35-28-19-21(5)13-18-25(28)20(3)4/h9-12,14-17,20-22,25,28H,7-8,13,18-19H2,1-6H3/t21?,22-,25+,28?/m1/s1. The lowest BCUT2D eigenvalue weighted by molar-refractivity contribution is -0.159. The van der Waals surface area contributed by atoms with Gasteiger partial charge in [-0.1, -0.05) is 39.3 Å². The molecule has 188 valence electrons. The molecule has 3 aromatic rings. The Kier molecular flexibility index (Phi) is 7.83. The fourth-order valence-corrected chi connectivity index (χ4v) is 5.65. The summed E-state index contributed by atoms with van der Waals surface area (Å²) in [5.74, 6) is 2.16. The second kappa shape index (κ2) is 10.8. The van der Waals surface area contributed by atoms with Gasteiger partial charge >= 0.3 is 5.97 Å². The van der Waals surface area contributed by atoms with E-state index in [1.165, 1.54) is 12.1 Å². The number of ether oxygens (including phenoxy) is 1. The Morgan fingerprint density at radius 1 is 1.06 bits per heavy atom. The van der Waals surface area contributed by atoms with Crippen LogP contribution in [0, 0.1) is 17.8 Å². The molecule has 4 rings (SSSR count). The molecule has 1 aromatic heterocycles. The van der Waals surface area contributed by atoms with Crippen molar-refractivity contribution in [2.75, 3.05) is 18.0 Å². The highest BCUT2D eigenvalue weighted by Crippen LogP contribution is 2.37. The van der Waals surface area contributed by atoms with Crippen molar-refractivity contribution in [1.29, 1.82) is 0 Å². The van der Waals surface area contributed by atoms with Gasteiger partial charge in [0.2, 0.25) is 0 Å². The number of imidazole rings is 1. The molecule has 2 unspecified atom stereocenters. The third kappa shape index (κ3) is 5.24. The van der Waals surface area contributed by atoms with Crippen LogP contribution >= 0.6 is 0 Å². The second-order valence-electron chi connectivity index (χ2n) is 10.5. The fraction of sp³-hybridized carbons (Fsp3) is 0.533. The zero-order valence-corrected chi connectivity index (χ0v) is 22.2. The highest BCUT2D eigenvalue weighted by molar-refractivity contribution is 5.85. The molecular formula is C30H41N3O2. The highest BCUT2D eigenvalue weighted by Gasteiger charge is 2.35. The van der Waals surface area contributed by atoms with Crippen LogP contribution in [-0.2, 0) is 9.53 Å². The number of carbonyl (C=O) groups is 1. The van der Waals surface area contributed by atoms with Gasteiger partial charge in [-0.2, -0.15) is 0 Å². The predicted octanol–water partition coefficient (Wildman–Crippen LogP) is 7.11. The molecule has 4 atom stereocenters. The van der Waals surface area contributed by atoms with Gasteiger partial charge in [-0.05, 0) is 87.8 Å². The van der Waals surface area contributed by atoms with E-state index in [1.807, 2.05) is 31.2 Å². The number of nitrogens with zero attached hydrogens (tertiary/aromatic N) is 3. The lowest BCUT2D eigenvalue weighted by Crippen LogP contribution is -2.37. The van der Waals surface area contributed by atoms with E-state index in [2.05, 4.69) is 68.4 Å². The van der Waals surface area contributed by atoms with Crippen LogP contribution in [0.2, 0.25) is 0 Å². The quantitative estimate of drug-likeness (QED) is 0.326. The van der Waals surface area contributed by atoms with Crippen molar-refractivity contribution in [1.82, 2.24) is 9.55 Å². The van der Waals surface area contributed by atoms with Crippen LogP contribution in [0.5, 0.6) is 0 Å². The van der Waals surface area contributed by atoms with Crippen molar-refractivity contribution in [3.05, 3.63) is 48.5 Å². The van der Waals surface area contributed by atoms with E-state index in [4.69, 9.17) is 9.72 Å². The minimum atomic E-state index is -0.468. The molecule has 0 bridgehead atoms. The molecule has 2 aromatic carbocycles. The Morgan fingerprint density at radius 2 is 1.74 bits per heavy atom. The Bertz CT molecular complexity index is 1130. The van der Waals surface area contributed by atoms with Crippen LogP contribution in [0.3, 0.4) is 0 Å². The summed E-state index contributed by atoms with van der Waals surface area (Å²) < 4.78 is 8.30. The van der Waals surface area contributed by atoms with E-state index in [-0.39, 0.29) is 12.1 Å². The molecule has 5 nitrogen and oxygen atoms in total. The molecule has 1 saturated carbocycles. The van der Waals surface area contributed by atoms with Crippen molar-refractivity contribution >= 4 is 22.7 Å². The number of aromatic nitrogens is 2. The Balaban J connectivity index is 1.66. The minimum absolute atomic E-state index is 0.0136. The SMILES string of the molecule is CCN(CC)c1ccc(-c2nc3ccccc3n2[C@H](C)C(=O)OC2CC(C)CC[C@H]2C(C)C)cc1. The molecule has 5 heteroatoms. The molecule has 0 saturated heterocycles. The number of carbonyl (C=O) groups excluding carboxylic acids is 1. The van der Waals surface area contributed by atoms with Crippen molar-refractivity contribution in [2.24, 2.45) is 17.8 Å². The van der Waals surface area contributed by atoms with Crippen LogP contribution in [0.1, 0.15) is 66.8 Å². The van der Waals surface area contributed by atoms with E-state index < -0.39 is 6.04 Å². The topological polar surface area (TPSA) is 47.4 Å².